The Labute approximate surface area is 131 Å². The molecule has 0 fully saturated rings. The highest BCUT2D eigenvalue weighted by atomic mass is 17.2. The summed E-state index contributed by atoms with van der Waals surface area (Å²) < 4.78 is 0. The highest BCUT2D eigenvalue weighted by molar-refractivity contribution is 5.94. The van der Waals surface area contributed by atoms with Crippen molar-refractivity contribution < 1.29 is 24.5 Å². The number of carbonyl (C=O) groups excluding carboxylic acids is 1. The van der Waals surface area contributed by atoms with Gasteiger partial charge in [-0.2, -0.15) is 4.89 Å². The van der Waals surface area contributed by atoms with Crippen LogP contribution in [0.25, 0.3) is 0 Å². The molecule has 23 heavy (non-hydrogen) atoms. The lowest BCUT2D eigenvalue weighted by Gasteiger charge is -2.14. The summed E-state index contributed by atoms with van der Waals surface area (Å²) in [5, 5.41) is 11.8. The van der Waals surface area contributed by atoms with E-state index < -0.39 is 17.9 Å². The monoisotopic (exact) mass is 315 g/mol. The Balaban J connectivity index is 1.72. The van der Waals surface area contributed by atoms with Crippen LogP contribution in [-0.4, -0.2) is 33.0 Å². The van der Waals surface area contributed by atoms with Gasteiger partial charge in [0.05, 0.1) is 6.20 Å². The van der Waals surface area contributed by atoms with Gasteiger partial charge < -0.3 is 15.3 Å². The van der Waals surface area contributed by atoms with E-state index in [0.717, 1.165) is 5.56 Å². The van der Waals surface area contributed by atoms with E-state index in [-0.39, 0.29) is 12.1 Å². The molecule has 0 spiro atoms. The van der Waals surface area contributed by atoms with Crippen LogP contribution < -0.4 is 10.2 Å². The highest BCUT2D eigenvalue weighted by Gasteiger charge is 2.23. The first-order valence-corrected chi connectivity index (χ1v) is 6.84. The third-order valence-corrected chi connectivity index (χ3v) is 3.33. The molecule has 2 aromatic rings. The molecule has 3 rings (SSSR count). The maximum atomic E-state index is 12.0. The van der Waals surface area contributed by atoms with Crippen LogP contribution in [0.1, 0.15) is 21.6 Å². The molecular formula is C15H13N3O5. The number of hydrogen-bond acceptors (Lipinski definition) is 6. The molecule has 1 aliphatic heterocycles. The van der Waals surface area contributed by atoms with Crippen molar-refractivity contribution in [3.05, 3.63) is 53.6 Å². The number of benzene rings is 1. The number of amides is 1. The molecule has 1 atom stereocenters. The number of carbonyl (C=O) groups is 2. The number of rotatable bonds is 5. The fourth-order valence-corrected chi connectivity index (χ4v) is 2.16. The van der Waals surface area contributed by atoms with E-state index in [0.29, 0.717) is 17.9 Å². The number of aromatic nitrogens is 2. The van der Waals surface area contributed by atoms with E-state index in [1.165, 1.54) is 18.6 Å². The maximum Gasteiger partial charge on any atom is 0.326 e. The van der Waals surface area contributed by atoms with Crippen molar-refractivity contribution in [1.82, 2.24) is 15.3 Å². The zero-order valence-corrected chi connectivity index (χ0v) is 11.9. The summed E-state index contributed by atoms with van der Waals surface area (Å²) in [6, 6.07) is 4.19. The van der Waals surface area contributed by atoms with Gasteiger partial charge in [-0.1, -0.05) is 12.1 Å². The fourth-order valence-electron chi connectivity index (χ4n) is 2.16. The largest absolute Gasteiger partial charge is 0.480 e. The zero-order valence-electron chi connectivity index (χ0n) is 11.9. The van der Waals surface area contributed by atoms with Gasteiger partial charge in [-0.25, -0.2) is 9.78 Å². The molecule has 2 heterocycles. The van der Waals surface area contributed by atoms with Crippen LogP contribution in [0.4, 0.5) is 0 Å². The standard InChI is InChI=1S/C15H13N3O5/c19-14(12-7-16-3-4-17-12)18-11(15(20)21)5-9-1-2-10-8-22-23-13(10)6-9/h1-4,6-7,11H,5,8H2,(H,18,19)(H,20,21). The molecule has 0 saturated heterocycles. The number of carboxylic acids is 1. The number of nitrogens with zero attached hydrogens (tertiary/aromatic N) is 2. The van der Waals surface area contributed by atoms with E-state index in [1.54, 1.807) is 18.2 Å². The molecule has 0 radical (unpaired) electrons. The lowest BCUT2D eigenvalue weighted by atomic mass is 10.0. The Kier molecular flexibility index (Phi) is 4.15. The first-order valence-electron chi connectivity index (χ1n) is 6.84. The van der Waals surface area contributed by atoms with Crippen LogP contribution in [0.5, 0.6) is 5.75 Å². The molecule has 2 N–H and O–H groups in total. The van der Waals surface area contributed by atoms with Crippen LogP contribution in [-0.2, 0) is 22.7 Å². The Morgan fingerprint density at radius 1 is 1.35 bits per heavy atom. The van der Waals surface area contributed by atoms with E-state index in [1.807, 2.05) is 0 Å². The maximum absolute atomic E-state index is 12.0. The highest BCUT2D eigenvalue weighted by Crippen LogP contribution is 2.27. The number of hydrogen-bond donors (Lipinski definition) is 2. The first kappa shape index (κ1) is 14.9. The number of fused-ring (bicyclic) bond motifs is 1. The van der Waals surface area contributed by atoms with Crippen LogP contribution in [0.3, 0.4) is 0 Å². The van der Waals surface area contributed by atoms with Crippen molar-refractivity contribution in [2.45, 2.75) is 19.1 Å². The normalized spacial score (nSPS) is 13.7. The second-order valence-electron chi connectivity index (χ2n) is 4.95. The summed E-state index contributed by atoms with van der Waals surface area (Å²) in [4.78, 5) is 40.9. The smallest absolute Gasteiger partial charge is 0.326 e. The molecule has 0 saturated carbocycles. The van der Waals surface area contributed by atoms with E-state index in [2.05, 4.69) is 15.3 Å². The van der Waals surface area contributed by atoms with Gasteiger partial charge in [0.15, 0.2) is 5.75 Å². The molecule has 8 nitrogen and oxygen atoms in total. The predicted octanol–water partition coefficient (Wildman–Crippen LogP) is 0.726. The Bertz CT molecular complexity index is 735. The van der Waals surface area contributed by atoms with Crippen molar-refractivity contribution in [3.8, 4) is 5.75 Å². The second kappa shape index (κ2) is 6.41. The lowest BCUT2D eigenvalue weighted by Crippen LogP contribution is -2.42. The minimum atomic E-state index is -1.14. The van der Waals surface area contributed by atoms with Gasteiger partial charge in [0.25, 0.3) is 5.91 Å². The van der Waals surface area contributed by atoms with Crippen LogP contribution in [0.15, 0.2) is 36.8 Å². The third-order valence-electron chi connectivity index (χ3n) is 3.33. The summed E-state index contributed by atoms with van der Waals surface area (Å²) in [5.74, 6) is -1.17. The average molecular weight is 315 g/mol. The lowest BCUT2D eigenvalue weighted by molar-refractivity contribution is -0.194. The average Bonchev–Trinajstić information content (AvgIpc) is 3.02. The molecule has 0 bridgehead atoms. The first-order chi connectivity index (χ1) is 11.1. The molecular weight excluding hydrogens is 302 g/mol. The van der Waals surface area contributed by atoms with Crippen molar-refractivity contribution in [2.24, 2.45) is 0 Å². The fraction of sp³-hybridized carbons (Fsp3) is 0.200. The molecule has 0 aliphatic carbocycles. The predicted molar refractivity (Wildman–Crippen MR) is 76.5 cm³/mol. The van der Waals surface area contributed by atoms with Gasteiger partial charge in [-0.15, -0.1) is 0 Å². The summed E-state index contributed by atoms with van der Waals surface area (Å²) in [5.41, 5.74) is 1.66. The van der Waals surface area contributed by atoms with E-state index in [9.17, 15) is 14.7 Å². The summed E-state index contributed by atoms with van der Waals surface area (Å²) in [7, 11) is 0. The molecule has 1 unspecified atom stereocenters. The van der Waals surface area contributed by atoms with Crippen LogP contribution >= 0.6 is 0 Å². The van der Waals surface area contributed by atoms with Crippen LogP contribution in [0.2, 0.25) is 0 Å². The van der Waals surface area contributed by atoms with Gasteiger partial charge in [-0.3, -0.25) is 9.78 Å². The summed E-state index contributed by atoms with van der Waals surface area (Å²) in [6.07, 6.45) is 4.17. The molecule has 1 aliphatic rings. The van der Waals surface area contributed by atoms with Crippen molar-refractivity contribution in [3.63, 3.8) is 0 Å². The molecule has 1 aromatic carbocycles. The topological polar surface area (TPSA) is 111 Å². The van der Waals surface area contributed by atoms with Gasteiger partial charge >= 0.3 is 5.97 Å². The quantitative estimate of drug-likeness (QED) is 0.782. The number of aliphatic carboxylic acids is 1. The van der Waals surface area contributed by atoms with Gasteiger partial charge in [0.2, 0.25) is 0 Å². The van der Waals surface area contributed by atoms with E-state index >= 15 is 0 Å². The van der Waals surface area contributed by atoms with Gasteiger partial charge in [-0.05, 0) is 11.6 Å². The summed E-state index contributed by atoms with van der Waals surface area (Å²) in [6.45, 7) is 0.362. The van der Waals surface area contributed by atoms with Gasteiger partial charge in [0, 0.05) is 24.4 Å². The molecule has 8 heteroatoms. The van der Waals surface area contributed by atoms with Crippen molar-refractivity contribution >= 4 is 11.9 Å². The molecule has 118 valence electrons. The van der Waals surface area contributed by atoms with Gasteiger partial charge in [0.1, 0.15) is 18.3 Å². The number of nitrogens with one attached hydrogen (secondary N) is 1. The Morgan fingerprint density at radius 3 is 2.96 bits per heavy atom. The minimum absolute atomic E-state index is 0.0597. The number of carboxylic acid groups (broad SMARTS) is 1. The molecule has 1 aromatic heterocycles. The van der Waals surface area contributed by atoms with Crippen LogP contribution in [0, 0.1) is 0 Å². The third kappa shape index (κ3) is 3.43. The Hall–Kier alpha value is -3.00. The minimum Gasteiger partial charge on any atom is -0.480 e. The van der Waals surface area contributed by atoms with Crippen molar-refractivity contribution in [2.75, 3.05) is 0 Å². The SMILES string of the molecule is O=C(NC(Cc1ccc2c(c1)OOC2)C(=O)O)c1cnccn1. The van der Waals surface area contributed by atoms with E-state index in [4.69, 9.17) is 9.78 Å². The van der Waals surface area contributed by atoms with Crippen molar-refractivity contribution in [1.29, 1.82) is 0 Å². The molecule has 1 amide bonds. The Morgan fingerprint density at radius 2 is 2.22 bits per heavy atom. The zero-order chi connectivity index (χ0) is 16.2. The second-order valence-corrected chi connectivity index (χ2v) is 4.95. The summed E-state index contributed by atoms with van der Waals surface area (Å²) >= 11 is 0.